The summed E-state index contributed by atoms with van der Waals surface area (Å²) in [7, 11) is 0. The molecule has 84 valence electrons. The van der Waals surface area contributed by atoms with Gasteiger partial charge in [-0.3, -0.25) is 9.82 Å². The van der Waals surface area contributed by atoms with Crippen molar-refractivity contribution in [2.45, 2.75) is 32.9 Å². The van der Waals surface area contributed by atoms with E-state index in [-0.39, 0.29) is 5.60 Å². The molecule has 0 aromatic carbocycles. The molecule has 1 N–H and O–H groups in total. The number of aromatic nitrogens is 1. The Morgan fingerprint density at radius 2 is 2.07 bits per heavy atom. The number of hydroxylamine groups is 1. The molecule has 0 radical (unpaired) electrons. The van der Waals surface area contributed by atoms with E-state index in [2.05, 4.69) is 42.3 Å². The van der Waals surface area contributed by atoms with Gasteiger partial charge in [-0.05, 0) is 58.7 Å². The third-order valence-electron chi connectivity index (χ3n) is 1.50. The highest BCUT2D eigenvalue weighted by molar-refractivity contribution is 9.11. The van der Waals surface area contributed by atoms with E-state index in [0.717, 1.165) is 14.6 Å². The van der Waals surface area contributed by atoms with E-state index in [1.54, 1.807) is 6.20 Å². The highest BCUT2D eigenvalue weighted by atomic mass is 79.9. The van der Waals surface area contributed by atoms with Crippen LogP contribution in [-0.2, 0) is 11.4 Å². The second kappa shape index (κ2) is 5.39. The quantitative estimate of drug-likeness (QED) is 0.858. The Hall–Kier alpha value is 0.0300. The smallest absolute Gasteiger partial charge is 0.0813 e. The van der Waals surface area contributed by atoms with Crippen LogP contribution in [-0.4, -0.2) is 10.6 Å². The maximum Gasteiger partial charge on any atom is 0.0813 e. The van der Waals surface area contributed by atoms with Crippen molar-refractivity contribution in [2.75, 3.05) is 0 Å². The highest BCUT2D eigenvalue weighted by Crippen LogP contribution is 2.19. The second-order valence-corrected chi connectivity index (χ2v) is 5.89. The summed E-state index contributed by atoms with van der Waals surface area (Å²) in [6.45, 7) is 6.54. The third-order valence-corrected chi connectivity index (χ3v) is 2.62. The van der Waals surface area contributed by atoms with E-state index in [4.69, 9.17) is 4.84 Å². The van der Waals surface area contributed by atoms with Gasteiger partial charge < -0.3 is 0 Å². The summed E-state index contributed by atoms with van der Waals surface area (Å²) in [5, 5.41) is 0. The predicted molar refractivity (Wildman–Crippen MR) is 67.3 cm³/mol. The van der Waals surface area contributed by atoms with Crippen LogP contribution in [0.15, 0.2) is 21.2 Å². The monoisotopic (exact) mass is 336 g/mol. The zero-order valence-electron chi connectivity index (χ0n) is 8.97. The highest BCUT2D eigenvalue weighted by Gasteiger charge is 2.10. The van der Waals surface area contributed by atoms with Crippen LogP contribution in [0.25, 0.3) is 0 Å². The Labute approximate surface area is 107 Å². The van der Waals surface area contributed by atoms with Gasteiger partial charge in [-0.1, -0.05) is 0 Å². The molecule has 0 saturated carbocycles. The Kier molecular flexibility index (Phi) is 4.70. The molecule has 0 saturated heterocycles. The van der Waals surface area contributed by atoms with Crippen molar-refractivity contribution in [2.24, 2.45) is 0 Å². The molecular formula is C10H14Br2N2O. The lowest BCUT2D eigenvalue weighted by molar-refractivity contribution is -0.0762. The molecule has 1 heterocycles. The van der Waals surface area contributed by atoms with Gasteiger partial charge in [0, 0.05) is 15.1 Å². The fourth-order valence-electron chi connectivity index (χ4n) is 0.894. The van der Waals surface area contributed by atoms with Crippen molar-refractivity contribution in [3.05, 3.63) is 26.9 Å². The van der Waals surface area contributed by atoms with Crippen molar-refractivity contribution in [3.63, 3.8) is 0 Å². The number of nitrogens with one attached hydrogen (secondary N) is 1. The number of rotatable bonds is 3. The molecule has 0 bridgehead atoms. The SMILES string of the molecule is CC(C)(C)ONCc1ncc(Br)cc1Br. The number of hydrogen-bond donors (Lipinski definition) is 1. The van der Waals surface area contributed by atoms with Gasteiger partial charge in [-0.15, -0.1) is 0 Å². The zero-order valence-corrected chi connectivity index (χ0v) is 12.1. The van der Waals surface area contributed by atoms with E-state index in [9.17, 15) is 0 Å². The van der Waals surface area contributed by atoms with Gasteiger partial charge in [0.1, 0.15) is 0 Å². The molecule has 0 aliphatic rings. The number of nitrogens with zero attached hydrogens (tertiary/aromatic N) is 1. The van der Waals surface area contributed by atoms with Crippen LogP contribution in [0.3, 0.4) is 0 Å². The van der Waals surface area contributed by atoms with Crippen LogP contribution >= 0.6 is 31.9 Å². The summed E-state index contributed by atoms with van der Waals surface area (Å²) in [6.07, 6.45) is 1.76. The fourth-order valence-corrected chi connectivity index (χ4v) is 2.02. The maximum atomic E-state index is 5.40. The van der Waals surface area contributed by atoms with Crippen molar-refractivity contribution in [1.82, 2.24) is 10.5 Å². The van der Waals surface area contributed by atoms with E-state index in [0.29, 0.717) is 6.54 Å². The third kappa shape index (κ3) is 5.06. The summed E-state index contributed by atoms with van der Waals surface area (Å²) in [4.78, 5) is 9.66. The second-order valence-electron chi connectivity index (χ2n) is 4.12. The molecule has 1 aromatic heterocycles. The molecule has 0 amide bonds. The van der Waals surface area contributed by atoms with E-state index in [1.807, 2.05) is 26.8 Å². The van der Waals surface area contributed by atoms with Gasteiger partial charge in [0.2, 0.25) is 0 Å². The number of halogens is 2. The first-order valence-corrected chi connectivity index (χ1v) is 6.18. The molecule has 0 atom stereocenters. The Bertz CT molecular complexity index is 337. The summed E-state index contributed by atoms with van der Waals surface area (Å²) in [5.74, 6) is 0. The largest absolute Gasteiger partial charge is 0.296 e. The van der Waals surface area contributed by atoms with Crippen molar-refractivity contribution >= 4 is 31.9 Å². The predicted octanol–water partition coefficient (Wildman–Crippen LogP) is 3.43. The van der Waals surface area contributed by atoms with Crippen LogP contribution < -0.4 is 5.48 Å². The van der Waals surface area contributed by atoms with Crippen LogP contribution in [0.4, 0.5) is 0 Å². The van der Waals surface area contributed by atoms with Crippen molar-refractivity contribution < 1.29 is 4.84 Å². The molecule has 5 heteroatoms. The fraction of sp³-hybridized carbons (Fsp3) is 0.500. The molecule has 0 aliphatic heterocycles. The van der Waals surface area contributed by atoms with Gasteiger partial charge in [0.25, 0.3) is 0 Å². The van der Waals surface area contributed by atoms with Gasteiger partial charge >= 0.3 is 0 Å². The van der Waals surface area contributed by atoms with Crippen LogP contribution in [0.1, 0.15) is 26.5 Å². The average molecular weight is 338 g/mol. The van der Waals surface area contributed by atoms with Crippen molar-refractivity contribution in [1.29, 1.82) is 0 Å². The lowest BCUT2D eigenvalue weighted by atomic mass is 10.2. The van der Waals surface area contributed by atoms with Crippen molar-refractivity contribution in [3.8, 4) is 0 Å². The summed E-state index contributed by atoms with van der Waals surface area (Å²) >= 11 is 6.79. The van der Waals surface area contributed by atoms with Crippen LogP contribution in [0.5, 0.6) is 0 Å². The van der Waals surface area contributed by atoms with Gasteiger partial charge in [-0.25, -0.2) is 0 Å². The van der Waals surface area contributed by atoms with Crippen LogP contribution in [0, 0.1) is 0 Å². The van der Waals surface area contributed by atoms with Gasteiger partial charge in [0.15, 0.2) is 0 Å². The molecule has 1 aromatic rings. The first kappa shape index (κ1) is 13.1. The topological polar surface area (TPSA) is 34.1 Å². The molecular weight excluding hydrogens is 324 g/mol. The minimum absolute atomic E-state index is 0.193. The minimum Gasteiger partial charge on any atom is -0.296 e. The summed E-state index contributed by atoms with van der Waals surface area (Å²) in [5.41, 5.74) is 3.62. The molecule has 0 aliphatic carbocycles. The summed E-state index contributed by atoms with van der Waals surface area (Å²) < 4.78 is 1.91. The standard InChI is InChI=1S/C10H14Br2N2O/c1-10(2,3)15-14-6-9-8(12)4-7(11)5-13-9/h4-5,14H,6H2,1-3H3. The maximum absolute atomic E-state index is 5.40. The Morgan fingerprint density at radius 1 is 1.40 bits per heavy atom. The normalized spacial score (nSPS) is 11.8. The summed E-state index contributed by atoms with van der Waals surface area (Å²) in [6, 6.07) is 1.96. The van der Waals surface area contributed by atoms with Gasteiger partial charge in [0.05, 0.1) is 17.8 Å². The van der Waals surface area contributed by atoms with E-state index in [1.165, 1.54) is 0 Å². The lowest BCUT2D eigenvalue weighted by Crippen LogP contribution is -2.29. The minimum atomic E-state index is -0.193. The first-order valence-electron chi connectivity index (χ1n) is 4.59. The Balaban J connectivity index is 2.51. The van der Waals surface area contributed by atoms with Gasteiger partial charge in [-0.2, -0.15) is 5.48 Å². The number of pyridine rings is 1. The first-order chi connectivity index (χ1) is 6.88. The molecule has 1 rings (SSSR count). The van der Waals surface area contributed by atoms with E-state index >= 15 is 0 Å². The van der Waals surface area contributed by atoms with E-state index < -0.39 is 0 Å². The number of hydrogen-bond acceptors (Lipinski definition) is 3. The molecule has 15 heavy (non-hydrogen) atoms. The molecule has 0 unspecified atom stereocenters. The zero-order chi connectivity index (χ0) is 11.5. The van der Waals surface area contributed by atoms with Crippen LogP contribution in [0.2, 0.25) is 0 Å². The molecule has 3 nitrogen and oxygen atoms in total. The molecule has 0 fully saturated rings. The average Bonchev–Trinajstić information content (AvgIpc) is 2.07. The Morgan fingerprint density at radius 3 is 2.60 bits per heavy atom. The lowest BCUT2D eigenvalue weighted by Gasteiger charge is -2.19. The molecule has 0 spiro atoms.